The second-order valence-corrected chi connectivity index (χ2v) is 7.42. The minimum Gasteiger partial charge on any atom is -0.338 e. The van der Waals surface area contributed by atoms with Crippen molar-refractivity contribution >= 4 is 11.7 Å². The number of nitrogens with zero attached hydrogens (tertiary/aromatic N) is 4. The summed E-state index contributed by atoms with van der Waals surface area (Å²) >= 11 is 0. The first-order valence-corrected chi connectivity index (χ1v) is 9.24. The molecule has 2 fully saturated rings. The summed E-state index contributed by atoms with van der Waals surface area (Å²) in [5.41, 5.74) is 2.93. The summed E-state index contributed by atoms with van der Waals surface area (Å²) in [6.07, 6.45) is 7.22. The van der Waals surface area contributed by atoms with Crippen LogP contribution in [0.4, 0.5) is 4.79 Å². The van der Waals surface area contributed by atoms with E-state index in [0.717, 1.165) is 43.0 Å². The van der Waals surface area contributed by atoms with Crippen molar-refractivity contribution in [2.24, 2.45) is 5.92 Å². The number of urea groups is 1. The molecule has 3 heterocycles. The number of hydrogen-bond donors (Lipinski definition) is 2. The van der Waals surface area contributed by atoms with Crippen molar-refractivity contribution in [2.75, 3.05) is 13.1 Å². The Morgan fingerprint density at radius 3 is 2.96 bits per heavy atom. The van der Waals surface area contributed by atoms with Crippen LogP contribution in [0.2, 0.25) is 0 Å². The first-order valence-electron chi connectivity index (χ1n) is 9.24. The zero-order valence-electron chi connectivity index (χ0n) is 14.9. The first kappa shape index (κ1) is 16.3. The highest BCUT2D eigenvalue weighted by atomic mass is 16.2. The molecule has 7 nitrogen and oxygen atoms in total. The minimum absolute atomic E-state index is 0.0492. The van der Waals surface area contributed by atoms with E-state index in [1.807, 2.05) is 21.8 Å². The van der Waals surface area contributed by atoms with E-state index in [1.165, 1.54) is 12.8 Å². The number of nitrogens with one attached hydrogen (secondary N) is 2. The van der Waals surface area contributed by atoms with Gasteiger partial charge in [0.05, 0.1) is 24.1 Å². The lowest BCUT2D eigenvalue weighted by Gasteiger charge is -2.35. The summed E-state index contributed by atoms with van der Waals surface area (Å²) in [5.74, 6) is 0.546. The van der Waals surface area contributed by atoms with Gasteiger partial charge in [-0.15, -0.1) is 0 Å². The third kappa shape index (κ3) is 3.46. The highest BCUT2D eigenvalue weighted by Crippen LogP contribution is 2.45. The molecule has 1 saturated carbocycles. The summed E-state index contributed by atoms with van der Waals surface area (Å²) in [7, 11) is 0. The smallest absolute Gasteiger partial charge is 0.317 e. The summed E-state index contributed by atoms with van der Waals surface area (Å²) in [6.45, 7) is 6.57. The molecule has 2 aliphatic rings. The van der Waals surface area contributed by atoms with Gasteiger partial charge < -0.3 is 15.5 Å². The van der Waals surface area contributed by atoms with Gasteiger partial charge in [0.25, 0.3) is 0 Å². The Hall–Kier alpha value is -2.15. The molecule has 1 aliphatic carbocycles. The fraction of sp³-hybridized carbons (Fsp3) is 0.611. The van der Waals surface area contributed by atoms with E-state index in [1.54, 1.807) is 0 Å². The van der Waals surface area contributed by atoms with Crippen LogP contribution in [0.5, 0.6) is 0 Å². The summed E-state index contributed by atoms with van der Waals surface area (Å²) < 4.78 is 1.82. The number of hydrogen-bond acceptors (Lipinski definition) is 4. The van der Waals surface area contributed by atoms with Crippen molar-refractivity contribution in [1.82, 2.24) is 30.1 Å². The monoisotopic (exact) mass is 342 g/mol. The van der Waals surface area contributed by atoms with Crippen LogP contribution in [0.25, 0.3) is 5.65 Å². The fourth-order valence-corrected chi connectivity index (χ4v) is 3.53. The molecule has 2 aromatic heterocycles. The van der Waals surface area contributed by atoms with Crippen LogP contribution in [0.3, 0.4) is 0 Å². The lowest BCUT2D eigenvalue weighted by molar-refractivity contribution is 0.152. The topological polar surface area (TPSA) is 74.6 Å². The van der Waals surface area contributed by atoms with Gasteiger partial charge in [-0.2, -0.15) is 5.10 Å². The molecule has 0 radical (unpaired) electrons. The Bertz CT molecular complexity index is 766. The van der Waals surface area contributed by atoms with Gasteiger partial charge >= 0.3 is 6.03 Å². The number of carbonyl (C=O) groups excluding carboxylic acids is 1. The van der Waals surface area contributed by atoms with Crippen molar-refractivity contribution in [3.63, 3.8) is 0 Å². The van der Waals surface area contributed by atoms with Gasteiger partial charge in [-0.1, -0.05) is 13.8 Å². The molecular formula is C18H26N6O. The summed E-state index contributed by atoms with van der Waals surface area (Å²) in [6, 6.07) is 2.68. The van der Waals surface area contributed by atoms with E-state index >= 15 is 0 Å². The molecule has 1 saturated heterocycles. The molecule has 25 heavy (non-hydrogen) atoms. The number of rotatable bonds is 6. The Balaban J connectivity index is 1.61. The highest BCUT2D eigenvalue weighted by molar-refractivity contribution is 5.75. The average Bonchev–Trinajstić information content (AvgIpc) is 3.33. The lowest BCUT2D eigenvalue weighted by atomic mass is 10.0. The zero-order valence-corrected chi connectivity index (χ0v) is 14.9. The van der Waals surface area contributed by atoms with Gasteiger partial charge in [0.2, 0.25) is 0 Å². The molecule has 1 atom stereocenters. The van der Waals surface area contributed by atoms with E-state index in [0.29, 0.717) is 12.0 Å². The van der Waals surface area contributed by atoms with E-state index in [9.17, 15) is 4.79 Å². The van der Waals surface area contributed by atoms with Gasteiger partial charge in [-0.25, -0.2) is 14.3 Å². The molecule has 134 valence electrons. The minimum atomic E-state index is 0.0492. The number of imidazole rings is 1. The number of fused-ring (bicyclic) bond motifs is 1. The predicted octanol–water partition coefficient (Wildman–Crippen LogP) is 2.09. The molecule has 0 spiro atoms. The third-order valence-corrected chi connectivity index (χ3v) is 4.94. The van der Waals surface area contributed by atoms with Gasteiger partial charge in [0.1, 0.15) is 0 Å². The van der Waals surface area contributed by atoms with Crippen LogP contribution in [0.15, 0.2) is 18.5 Å². The molecule has 2 aromatic rings. The Kier molecular flexibility index (Phi) is 4.33. The van der Waals surface area contributed by atoms with Gasteiger partial charge in [-0.05, 0) is 36.8 Å². The van der Waals surface area contributed by atoms with Gasteiger partial charge in [0.15, 0.2) is 5.65 Å². The molecular weight excluding hydrogens is 316 g/mol. The lowest BCUT2D eigenvalue weighted by Crippen LogP contribution is -2.48. The molecule has 0 aromatic carbocycles. The molecule has 2 amide bonds. The van der Waals surface area contributed by atoms with Gasteiger partial charge in [-0.3, -0.25) is 0 Å². The average molecular weight is 342 g/mol. The van der Waals surface area contributed by atoms with Crippen LogP contribution in [-0.2, 0) is 6.54 Å². The standard InChI is InChI=1S/C18H26N6O/c1-12(2)20-10-15-11-24-16(22-15)8-14(9-21-24)17(13-4-5-13)23-7-3-6-19-18(23)25/h8-9,11-13,17,20H,3-7,10H2,1-2H3,(H,19,25). The Labute approximate surface area is 147 Å². The van der Waals surface area contributed by atoms with Crippen molar-refractivity contribution in [3.8, 4) is 0 Å². The largest absolute Gasteiger partial charge is 0.338 e. The second-order valence-electron chi connectivity index (χ2n) is 7.42. The number of carbonyl (C=O) groups is 1. The van der Waals surface area contributed by atoms with Crippen molar-refractivity contribution in [2.45, 2.75) is 51.7 Å². The molecule has 0 bridgehead atoms. The molecule has 2 N–H and O–H groups in total. The number of aromatic nitrogens is 3. The molecule has 7 heteroatoms. The van der Waals surface area contributed by atoms with Crippen molar-refractivity contribution < 1.29 is 4.79 Å². The quantitative estimate of drug-likeness (QED) is 0.843. The van der Waals surface area contributed by atoms with E-state index < -0.39 is 0 Å². The van der Waals surface area contributed by atoms with Crippen LogP contribution in [-0.4, -0.2) is 44.7 Å². The SMILES string of the molecule is CC(C)NCc1cn2ncc(C(C3CC3)N3CCCNC3=O)cc2n1. The highest BCUT2D eigenvalue weighted by Gasteiger charge is 2.39. The molecule has 4 rings (SSSR count). The summed E-state index contributed by atoms with van der Waals surface area (Å²) in [5, 5.41) is 10.9. The Morgan fingerprint density at radius 1 is 1.40 bits per heavy atom. The normalized spacial score (nSPS) is 19.5. The van der Waals surface area contributed by atoms with E-state index in [-0.39, 0.29) is 12.1 Å². The third-order valence-electron chi connectivity index (χ3n) is 4.94. The zero-order chi connectivity index (χ0) is 17.4. The maximum Gasteiger partial charge on any atom is 0.317 e. The molecule has 1 unspecified atom stereocenters. The predicted molar refractivity (Wildman–Crippen MR) is 95.1 cm³/mol. The van der Waals surface area contributed by atoms with E-state index in [2.05, 4.69) is 35.6 Å². The van der Waals surface area contributed by atoms with Crippen molar-refractivity contribution in [1.29, 1.82) is 0 Å². The van der Waals surface area contributed by atoms with E-state index in [4.69, 9.17) is 4.98 Å². The van der Waals surface area contributed by atoms with Crippen LogP contribution < -0.4 is 10.6 Å². The molecule has 1 aliphatic heterocycles. The maximum absolute atomic E-state index is 12.3. The van der Waals surface area contributed by atoms with Crippen LogP contribution >= 0.6 is 0 Å². The van der Waals surface area contributed by atoms with Crippen LogP contribution in [0.1, 0.15) is 50.4 Å². The first-order chi connectivity index (χ1) is 12.1. The van der Waals surface area contributed by atoms with Crippen molar-refractivity contribution in [3.05, 3.63) is 29.7 Å². The Morgan fingerprint density at radius 2 is 2.24 bits per heavy atom. The fourth-order valence-electron chi connectivity index (χ4n) is 3.53. The summed E-state index contributed by atoms with van der Waals surface area (Å²) in [4.78, 5) is 19.0. The maximum atomic E-state index is 12.3. The second kappa shape index (κ2) is 6.63. The number of amides is 2. The van der Waals surface area contributed by atoms with Gasteiger partial charge in [0, 0.05) is 25.7 Å². The van der Waals surface area contributed by atoms with Crippen LogP contribution in [0, 0.1) is 5.92 Å².